The Labute approximate surface area is 159 Å². The van der Waals surface area contributed by atoms with E-state index in [0.717, 1.165) is 29.1 Å². The zero-order chi connectivity index (χ0) is 19.2. The van der Waals surface area contributed by atoms with Gasteiger partial charge in [-0.1, -0.05) is 30.3 Å². The maximum atomic E-state index is 12.8. The van der Waals surface area contributed by atoms with E-state index in [9.17, 15) is 9.59 Å². The zero-order valence-electron chi connectivity index (χ0n) is 15.7. The lowest BCUT2D eigenvalue weighted by Gasteiger charge is -2.24. The standard InChI is InChI=1S/C21H25N3O3/c1-24(14-19(25)22-16-10-12-18(27-2)13-11-16)20(15-6-4-3-5-7-15)21(26)23-17-8-9-17/h3-7,10-13,17,20H,8-9,14H2,1-2H3,(H,22,25)(H,23,26)/p+1/t20-/m0/s1. The highest BCUT2D eigenvalue weighted by atomic mass is 16.5. The monoisotopic (exact) mass is 368 g/mol. The smallest absolute Gasteiger partial charge is 0.283 e. The highest BCUT2D eigenvalue weighted by Gasteiger charge is 2.34. The summed E-state index contributed by atoms with van der Waals surface area (Å²) in [6.07, 6.45) is 2.06. The Balaban J connectivity index is 1.66. The summed E-state index contributed by atoms with van der Waals surface area (Å²) in [6.45, 7) is 0.184. The molecule has 1 aliphatic rings. The van der Waals surface area contributed by atoms with Crippen LogP contribution in [0.3, 0.4) is 0 Å². The van der Waals surface area contributed by atoms with Gasteiger partial charge in [-0.2, -0.15) is 0 Å². The molecule has 1 aliphatic carbocycles. The van der Waals surface area contributed by atoms with Gasteiger partial charge in [-0.3, -0.25) is 9.59 Å². The van der Waals surface area contributed by atoms with Crippen LogP contribution in [0.15, 0.2) is 54.6 Å². The normalized spacial score (nSPS) is 15.5. The molecule has 0 heterocycles. The number of rotatable bonds is 8. The Morgan fingerprint density at radius 2 is 1.78 bits per heavy atom. The quantitative estimate of drug-likeness (QED) is 0.655. The fourth-order valence-corrected chi connectivity index (χ4v) is 3.05. The number of ether oxygens (including phenoxy) is 1. The second-order valence-corrected chi connectivity index (χ2v) is 6.93. The SMILES string of the molecule is COc1ccc(NC(=O)C[NH+](C)[C@H](C(=O)NC2CC2)c2ccccc2)cc1. The second-order valence-electron chi connectivity index (χ2n) is 6.93. The maximum absolute atomic E-state index is 12.8. The fraction of sp³-hybridized carbons (Fsp3) is 0.333. The first-order valence-electron chi connectivity index (χ1n) is 9.18. The van der Waals surface area contributed by atoms with Crippen molar-refractivity contribution in [2.45, 2.75) is 24.9 Å². The zero-order valence-corrected chi connectivity index (χ0v) is 15.7. The minimum Gasteiger partial charge on any atom is -0.497 e. The number of amides is 2. The van der Waals surface area contributed by atoms with Gasteiger partial charge in [-0.25, -0.2) is 0 Å². The molecule has 0 aromatic heterocycles. The number of carbonyl (C=O) groups excluding carboxylic acids is 2. The van der Waals surface area contributed by atoms with Crippen LogP contribution < -0.4 is 20.3 Å². The molecular formula is C21H26N3O3+. The van der Waals surface area contributed by atoms with E-state index in [1.807, 2.05) is 37.4 Å². The molecule has 3 rings (SSSR count). The van der Waals surface area contributed by atoms with Crippen LogP contribution in [0.25, 0.3) is 0 Å². The van der Waals surface area contributed by atoms with E-state index in [0.29, 0.717) is 5.69 Å². The summed E-state index contributed by atoms with van der Waals surface area (Å²) in [6, 6.07) is 16.6. The molecule has 2 aromatic carbocycles. The third kappa shape index (κ3) is 5.31. The highest BCUT2D eigenvalue weighted by Crippen LogP contribution is 2.20. The molecule has 2 atom stereocenters. The van der Waals surface area contributed by atoms with Crippen molar-refractivity contribution >= 4 is 17.5 Å². The minimum atomic E-state index is -0.423. The van der Waals surface area contributed by atoms with Gasteiger partial charge < -0.3 is 20.3 Å². The van der Waals surface area contributed by atoms with Crippen molar-refractivity contribution in [1.82, 2.24) is 5.32 Å². The summed E-state index contributed by atoms with van der Waals surface area (Å²) in [5.41, 5.74) is 1.61. The van der Waals surface area contributed by atoms with Crippen LogP contribution in [0.1, 0.15) is 24.4 Å². The Morgan fingerprint density at radius 3 is 2.37 bits per heavy atom. The highest BCUT2D eigenvalue weighted by molar-refractivity contribution is 5.91. The predicted molar refractivity (Wildman–Crippen MR) is 104 cm³/mol. The molecule has 6 nitrogen and oxygen atoms in total. The van der Waals surface area contributed by atoms with Gasteiger partial charge in [0.05, 0.1) is 14.2 Å². The van der Waals surface area contributed by atoms with Gasteiger partial charge in [0.25, 0.3) is 11.8 Å². The maximum Gasteiger partial charge on any atom is 0.283 e. The van der Waals surface area contributed by atoms with Gasteiger partial charge in [0.2, 0.25) is 0 Å². The molecule has 0 spiro atoms. The Morgan fingerprint density at radius 1 is 1.11 bits per heavy atom. The summed E-state index contributed by atoms with van der Waals surface area (Å²) in [4.78, 5) is 26.1. The third-order valence-corrected chi connectivity index (χ3v) is 4.62. The summed E-state index contributed by atoms with van der Waals surface area (Å²) in [7, 11) is 3.47. The van der Waals surface area contributed by atoms with Crippen LogP contribution in [0.4, 0.5) is 5.69 Å². The van der Waals surface area contributed by atoms with Crippen LogP contribution in [-0.2, 0) is 9.59 Å². The lowest BCUT2D eigenvalue weighted by atomic mass is 10.0. The molecule has 2 aromatic rings. The van der Waals surface area contributed by atoms with Crippen LogP contribution in [0.2, 0.25) is 0 Å². The predicted octanol–water partition coefficient (Wildman–Crippen LogP) is 1.17. The summed E-state index contributed by atoms with van der Waals surface area (Å²) >= 11 is 0. The second kappa shape index (κ2) is 8.68. The molecule has 2 amide bonds. The molecule has 0 aliphatic heterocycles. The number of nitrogens with one attached hydrogen (secondary N) is 3. The van der Waals surface area contributed by atoms with E-state index in [4.69, 9.17) is 4.74 Å². The number of likely N-dealkylation sites (N-methyl/N-ethyl adjacent to an activating group) is 1. The van der Waals surface area contributed by atoms with Crippen molar-refractivity contribution in [2.75, 3.05) is 26.0 Å². The van der Waals surface area contributed by atoms with Crippen molar-refractivity contribution in [3.63, 3.8) is 0 Å². The first kappa shape index (κ1) is 18.9. The molecule has 142 valence electrons. The van der Waals surface area contributed by atoms with Gasteiger partial charge >= 0.3 is 0 Å². The summed E-state index contributed by atoms with van der Waals surface area (Å²) in [5, 5.41) is 5.94. The van der Waals surface area contributed by atoms with Gasteiger partial charge in [0.1, 0.15) is 5.75 Å². The lowest BCUT2D eigenvalue weighted by molar-refractivity contribution is -0.894. The van der Waals surface area contributed by atoms with Crippen LogP contribution in [-0.4, -0.2) is 38.6 Å². The van der Waals surface area contributed by atoms with Gasteiger partial charge in [0, 0.05) is 17.3 Å². The van der Waals surface area contributed by atoms with E-state index in [2.05, 4.69) is 10.6 Å². The average molecular weight is 368 g/mol. The van der Waals surface area contributed by atoms with E-state index in [1.165, 1.54) is 0 Å². The molecule has 1 unspecified atom stereocenters. The molecular weight excluding hydrogens is 342 g/mol. The number of benzene rings is 2. The Bertz CT molecular complexity index is 773. The summed E-state index contributed by atoms with van der Waals surface area (Å²) < 4.78 is 5.12. The van der Waals surface area contributed by atoms with Gasteiger partial charge in [-0.15, -0.1) is 0 Å². The Kier molecular flexibility index (Phi) is 6.08. The van der Waals surface area contributed by atoms with Gasteiger partial charge in [0.15, 0.2) is 12.6 Å². The first-order valence-corrected chi connectivity index (χ1v) is 9.18. The molecule has 0 radical (unpaired) electrons. The molecule has 0 saturated heterocycles. The van der Waals surface area contributed by atoms with E-state index < -0.39 is 6.04 Å². The van der Waals surface area contributed by atoms with E-state index >= 15 is 0 Å². The molecule has 27 heavy (non-hydrogen) atoms. The Hall–Kier alpha value is -2.86. The van der Waals surface area contributed by atoms with Crippen molar-refractivity contribution < 1.29 is 19.2 Å². The molecule has 0 bridgehead atoms. The van der Waals surface area contributed by atoms with Crippen LogP contribution in [0, 0.1) is 0 Å². The summed E-state index contributed by atoms with van der Waals surface area (Å²) in [5.74, 6) is 0.563. The lowest BCUT2D eigenvalue weighted by Crippen LogP contribution is -3.11. The number of hydrogen-bond acceptors (Lipinski definition) is 3. The number of anilines is 1. The van der Waals surface area contributed by atoms with Gasteiger partial charge in [-0.05, 0) is 37.1 Å². The van der Waals surface area contributed by atoms with E-state index in [-0.39, 0.29) is 24.4 Å². The number of quaternary nitrogens is 1. The van der Waals surface area contributed by atoms with E-state index in [1.54, 1.807) is 31.4 Å². The third-order valence-electron chi connectivity index (χ3n) is 4.62. The van der Waals surface area contributed by atoms with Crippen molar-refractivity contribution in [3.05, 3.63) is 60.2 Å². The average Bonchev–Trinajstić information content (AvgIpc) is 3.47. The first-order chi connectivity index (χ1) is 13.1. The molecule has 1 fully saturated rings. The fourth-order valence-electron chi connectivity index (χ4n) is 3.05. The molecule has 6 heteroatoms. The van der Waals surface area contributed by atoms with Crippen molar-refractivity contribution in [1.29, 1.82) is 0 Å². The number of carbonyl (C=O) groups is 2. The van der Waals surface area contributed by atoms with Crippen molar-refractivity contribution in [2.24, 2.45) is 0 Å². The molecule has 3 N–H and O–H groups in total. The van der Waals surface area contributed by atoms with Crippen LogP contribution >= 0.6 is 0 Å². The van der Waals surface area contributed by atoms with Crippen LogP contribution in [0.5, 0.6) is 5.75 Å². The van der Waals surface area contributed by atoms with Crippen molar-refractivity contribution in [3.8, 4) is 5.75 Å². The topological polar surface area (TPSA) is 71.9 Å². The number of hydrogen-bond donors (Lipinski definition) is 3. The number of methoxy groups -OCH3 is 1. The minimum absolute atomic E-state index is 0.0292. The molecule has 1 saturated carbocycles. The largest absolute Gasteiger partial charge is 0.497 e.